The summed E-state index contributed by atoms with van der Waals surface area (Å²) < 4.78 is 6.18. The van der Waals surface area contributed by atoms with Crippen molar-refractivity contribution in [3.63, 3.8) is 0 Å². The largest absolute Gasteiger partial charge is 0.367 e. The van der Waals surface area contributed by atoms with Gasteiger partial charge in [0, 0.05) is 31.7 Å². The van der Waals surface area contributed by atoms with Gasteiger partial charge in [0.1, 0.15) is 0 Å². The van der Waals surface area contributed by atoms with Crippen LogP contribution in [0.15, 0.2) is 0 Å². The number of hydrogen-bond donors (Lipinski definition) is 1. The van der Waals surface area contributed by atoms with Crippen LogP contribution < -0.4 is 5.32 Å². The van der Waals surface area contributed by atoms with Crippen molar-refractivity contribution in [3.8, 4) is 0 Å². The lowest BCUT2D eigenvalue weighted by Crippen LogP contribution is -2.62. The van der Waals surface area contributed by atoms with Crippen molar-refractivity contribution in [1.82, 2.24) is 10.2 Å². The molecule has 1 aliphatic heterocycles. The fourth-order valence-electron chi connectivity index (χ4n) is 3.22. The highest BCUT2D eigenvalue weighted by atomic mass is 16.5. The molecule has 1 saturated heterocycles. The summed E-state index contributed by atoms with van der Waals surface area (Å²) in [6.45, 7) is 21.0. The first kappa shape index (κ1) is 16.9. The van der Waals surface area contributed by atoms with Gasteiger partial charge >= 0.3 is 0 Å². The SMILES string of the molecule is CC(C)NCC(C(C)C)N1CC(C)(C)OC(C)(C)C1. The van der Waals surface area contributed by atoms with Crippen LogP contribution in [0.3, 0.4) is 0 Å². The third-order valence-electron chi connectivity index (χ3n) is 3.69. The van der Waals surface area contributed by atoms with E-state index in [4.69, 9.17) is 4.74 Å². The second-order valence-corrected chi connectivity index (χ2v) is 7.90. The Bertz CT molecular complexity index is 268. The maximum Gasteiger partial charge on any atom is 0.0760 e. The van der Waals surface area contributed by atoms with Gasteiger partial charge in [-0.15, -0.1) is 0 Å². The lowest BCUT2D eigenvalue weighted by Gasteiger charge is -2.50. The molecule has 1 heterocycles. The number of nitrogens with one attached hydrogen (secondary N) is 1. The Morgan fingerprint density at radius 2 is 1.47 bits per heavy atom. The van der Waals surface area contributed by atoms with E-state index in [0.717, 1.165) is 19.6 Å². The second-order valence-electron chi connectivity index (χ2n) is 7.90. The van der Waals surface area contributed by atoms with Gasteiger partial charge in [-0.2, -0.15) is 0 Å². The summed E-state index contributed by atoms with van der Waals surface area (Å²) in [5, 5.41) is 3.60. The monoisotopic (exact) mass is 270 g/mol. The zero-order chi connectivity index (χ0) is 14.8. The average molecular weight is 270 g/mol. The topological polar surface area (TPSA) is 24.5 Å². The Hall–Kier alpha value is -0.120. The van der Waals surface area contributed by atoms with E-state index in [2.05, 4.69) is 65.6 Å². The summed E-state index contributed by atoms with van der Waals surface area (Å²) in [6, 6.07) is 1.12. The number of rotatable bonds is 5. The van der Waals surface area contributed by atoms with Crippen molar-refractivity contribution in [3.05, 3.63) is 0 Å². The highest BCUT2D eigenvalue weighted by molar-refractivity contribution is 4.93. The highest BCUT2D eigenvalue weighted by Crippen LogP contribution is 2.30. The summed E-state index contributed by atoms with van der Waals surface area (Å²) in [4.78, 5) is 2.61. The molecule has 1 unspecified atom stereocenters. The van der Waals surface area contributed by atoms with Crippen LogP contribution in [0.4, 0.5) is 0 Å². The first-order valence-electron chi connectivity index (χ1n) is 7.70. The maximum absolute atomic E-state index is 6.18. The van der Waals surface area contributed by atoms with Gasteiger partial charge in [0.2, 0.25) is 0 Å². The summed E-state index contributed by atoms with van der Waals surface area (Å²) in [7, 11) is 0. The van der Waals surface area contributed by atoms with E-state index < -0.39 is 0 Å². The van der Waals surface area contributed by atoms with Crippen molar-refractivity contribution in [2.75, 3.05) is 19.6 Å². The lowest BCUT2D eigenvalue weighted by molar-refractivity contribution is -0.190. The number of hydrogen-bond acceptors (Lipinski definition) is 3. The lowest BCUT2D eigenvalue weighted by atomic mass is 9.93. The molecular formula is C16H34N2O. The molecule has 1 aliphatic rings. The molecule has 1 fully saturated rings. The normalized spacial score (nSPS) is 24.9. The maximum atomic E-state index is 6.18. The Morgan fingerprint density at radius 3 is 1.84 bits per heavy atom. The predicted octanol–water partition coefficient (Wildman–Crippen LogP) is 2.90. The summed E-state index contributed by atoms with van der Waals surface area (Å²) in [5.41, 5.74) is -0.126. The molecule has 1 N–H and O–H groups in total. The summed E-state index contributed by atoms with van der Waals surface area (Å²) >= 11 is 0. The smallest absolute Gasteiger partial charge is 0.0760 e. The molecule has 19 heavy (non-hydrogen) atoms. The van der Waals surface area contributed by atoms with Crippen LogP contribution in [0.5, 0.6) is 0 Å². The van der Waals surface area contributed by atoms with Gasteiger partial charge in [-0.25, -0.2) is 0 Å². The minimum Gasteiger partial charge on any atom is -0.367 e. The fraction of sp³-hybridized carbons (Fsp3) is 1.00. The Balaban J connectivity index is 2.77. The highest BCUT2D eigenvalue weighted by Gasteiger charge is 2.40. The van der Waals surface area contributed by atoms with E-state index in [1.165, 1.54) is 0 Å². The summed E-state index contributed by atoms with van der Waals surface area (Å²) in [5.74, 6) is 0.649. The van der Waals surface area contributed by atoms with Crippen LogP contribution in [-0.4, -0.2) is 47.8 Å². The number of ether oxygens (including phenoxy) is 1. The number of nitrogens with zero attached hydrogens (tertiary/aromatic N) is 1. The molecule has 0 aromatic heterocycles. The van der Waals surface area contributed by atoms with Gasteiger partial charge in [-0.3, -0.25) is 4.90 Å². The van der Waals surface area contributed by atoms with Gasteiger partial charge < -0.3 is 10.1 Å². The van der Waals surface area contributed by atoms with Gasteiger partial charge in [0.05, 0.1) is 11.2 Å². The Kier molecular flexibility index (Phi) is 5.44. The molecule has 0 aromatic carbocycles. The first-order valence-corrected chi connectivity index (χ1v) is 7.70. The van der Waals surface area contributed by atoms with Crippen molar-refractivity contribution in [2.24, 2.45) is 5.92 Å². The van der Waals surface area contributed by atoms with Gasteiger partial charge in [0.15, 0.2) is 0 Å². The molecule has 3 heteroatoms. The van der Waals surface area contributed by atoms with E-state index in [1.54, 1.807) is 0 Å². The second kappa shape index (κ2) is 6.11. The third-order valence-corrected chi connectivity index (χ3v) is 3.69. The minimum absolute atomic E-state index is 0.0628. The van der Waals surface area contributed by atoms with Crippen molar-refractivity contribution in [1.29, 1.82) is 0 Å². The molecule has 0 bridgehead atoms. The molecule has 3 nitrogen and oxygen atoms in total. The third kappa shape index (κ3) is 5.41. The molecule has 1 rings (SSSR count). The molecule has 1 atom stereocenters. The Morgan fingerprint density at radius 1 is 1.00 bits per heavy atom. The zero-order valence-corrected chi connectivity index (χ0v) is 14.2. The predicted molar refractivity (Wildman–Crippen MR) is 82.6 cm³/mol. The van der Waals surface area contributed by atoms with Crippen LogP contribution in [0.2, 0.25) is 0 Å². The molecule has 0 saturated carbocycles. The van der Waals surface area contributed by atoms with Crippen LogP contribution >= 0.6 is 0 Å². The van der Waals surface area contributed by atoms with Crippen molar-refractivity contribution >= 4 is 0 Å². The molecule has 0 aromatic rings. The van der Waals surface area contributed by atoms with E-state index in [1.807, 2.05) is 0 Å². The van der Waals surface area contributed by atoms with E-state index >= 15 is 0 Å². The van der Waals surface area contributed by atoms with E-state index in [9.17, 15) is 0 Å². The van der Waals surface area contributed by atoms with Gasteiger partial charge in [-0.05, 0) is 33.6 Å². The van der Waals surface area contributed by atoms with Crippen molar-refractivity contribution < 1.29 is 4.74 Å². The first-order chi connectivity index (χ1) is 8.52. The molecule has 0 amide bonds. The minimum atomic E-state index is -0.0628. The van der Waals surface area contributed by atoms with Crippen LogP contribution in [0, 0.1) is 5.92 Å². The molecule has 0 spiro atoms. The van der Waals surface area contributed by atoms with Crippen LogP contribution in [0.25, 0.3) is 0 Å². The van der Waals surface area contributed by atoms with E-state index in [0.29, 0.717) is 18.0 Å². The standard InChI is InChI=1S/C16H34N2O/c1-12(2)14(9-17-13(3)4)18-10-15(5,6)19-16(7,8)11-18/h12-14,17H,9-11H2,1-8H3. The fourth-order valence-corrected chi connectivity index (χ4v) is 3.22. The number of morpholine rings is 1. The van der Waals surface area contributed by atoms with Gasteiger partial charge in [0.25, 0.3) is 0 Å². The van der Waals surface area contributed by atoms with E-state index in [-0.39, 0.29) is 11.2 Å². The molecular weight excluding hydrogens is 236 g/mol. The molecule has 0 radical (unpaired) electrons. The zero-order valence-electron chi connectivity index (χ0n) is 14.2. The van der Waals surface area contributed by atoms with Crippen LogP contribution in [-0.2, 0) is 4.74 Å². The van der Waals surface area contributed by atoms with Crippen molar-refractivity contribution in [2.45, 2.75) is 78.7 Å². The summed E-state index contributed by atoms with van der Waals surface area (Å²) in [6.07, 6.45) is 0. The molecule has 0 aliphatic carbocycles. The van der Waals surface area contributed by atoms with Crippen LogP contribution in [0.1, 0.15) is 55.4 Å². The average Bonchev–Trinajstić information content (AvgIpc) is 2.10. The molecule has 114 valence electrons. The Labute approximate surface area is 120 Å². The van der Waals surface area contributed by atoms with Gasteiger partial charge in [-0.1, -0.05) is 27.7 Å². The quantitative estimate of drug-likeness (QED) is 0.831.